The van der Waals surface area contributed by atoms with E-state index in [4.69, 9.17) is 24.2 Å². The molecule has 0 aromatic heterocycles. The number of carbonyl (C=O) groups excluding carboxylic acids is 2. The molecule has 0 aromatic rings. The van der Waals surface area contributed by atoms with Crippen molar-refractivity contribution in [3.8, 4) is 0 Å². The van der Waals surface area contributed by atoms with Gasteiger partial charge in [-0.3, -0.25) is 63.5 Å². The first-order valence-electron chi connectivity index (χ1n) is 63.5. The fourth-order valence-corrected chi connectivity index (χ4v) is 36.6. The molecule has 848 valence electrons. The van der Waals surface area contributed by atoms with E-state index in [0.717, 1.165) is 228 Å². The number of Topliss-reactive ketones (excluding diaryl/α,β-unsaturated/α-hetero) is 2. The molecular weight excluding hydrogens is 1820 g/mol. The van der Waals surface area contributed by atoms with E-state index >= 15 is 0 Å². The predicted octanol–water partition coefficient (Wildman–Crippen LogP) is 21.9. The second kappa shape index (κ2) is 55.2. The predicted molar refractivity (Wildman–Crippen MR) is 609 cm³/mol. The lowest BCUT2D eigenvalue weighted by Gasteiger charge is -2.65. The number of likely N-dealkylation sites (N-methyl/N-ethyl adjacent to an activating group) is 2. The molecule has 0 amide bonds. The van der Waals surface area contributed by atoms with Crippen molar-refractivity contribution in [1.82, 2.24) is 68.6 Å². The molecule has 29 fully saturated rings. The first kappa shape index (κ1) is 119. The summed E-state index contributed by atoms with van der Waals surface area (Å²) in [5.41, 5.74) is 1.78. The highest BCUT2D eigenvalue weighted by atomic mass is 16.5. The number of piperidine rings is 12. The minimum Gasteiger partial charge on any atom is -0.411 e. The smallest absolute Gasteiger partial charge is 0.136 e. The molecule has 22 heteroatoms. The highest BCUT2D eigenvalue weighted by molar-refractivity contribution is 5.86. The fourth-order valence-electron chi connectivity index (χ4n) is 36.6. The Morgan fingerprint density at radius 3 is 0.946 bits per heavy atom. The molecule has 4 aliphatic carbocycles. The number of hydrogen-bond acceptors (Lipinski definition) is 22. The standard InChI is InChI=1S/C16H27N.C11H19NO.C11H21N.C10H18N2O.2C10H20N2.C10H17NO.C10H19NO.C10H19N.3C9H17NO/c1-11(2)17-4-3-15-14-6-12-5-13(7-14)9-16(15,8-12)10-17;1-8(2)12-9-4-3-5-10(12)7-11(13)6-9;1-9(2)12-10-5-3-6-11(12)8-4-7-10;1-7(2)12-9-3-4-10(12)6-8(5-9)11-13;1-8(2)12-7-9-4-5-10(12)6-11(9)3;1-8(2)12-9-4-5-10(12)7-11(3)6-9;1-7(2)11-8-3-4-9(11)6-10(12)5-8;1-8(2)11-9-4-3-5-10(11)7-12-6-9;1-8(2)11-9-4-3-5-10(11)7-6-9;1-7(2)10-5-9-4-3-8(10)6-11-9;1-7(2)10-8-3-4-9(10)6-11-5-8;1-7(2)10-5-8-3-4-9(6-10)11-8/h11-15H,3-10H2,1-2H3;8-10H,3-7H2,1-2H3;9-11H,3-8H2,1-2H3;7,9-10,13H,3-6H2,1-2H3;2*8-10H,4-7H2,1-3H3;7-9H,3-6H2,1-2H3;8-10H,3-7H2,1-2H3;8-10H,3-7H2,1-2H3;3*7-9H,3-6H2,1-2H3. The van der Waals surface area contributed by atoms with Gasteiger partial charge < -0.3 is 38.9 Å². The number of morpholine rings is 4. The van der Waals surface area contributed by atoms with Gasteiger partial charge in [0.25, 0.3) is 0 Å². The molecule has 29 aliphatic rings. The molecule has 1 spiro atoms. The molecule has 0 aromatic carbocycles. The highest BCUT2D eigenvalue weighted by Crippen LogP contribution is 2.65. The SMILES string of the molecule is CC(C)N1C2CCC1CC(=NO)C2.CC(C)N1C2CCC1CC(=O)C2.CC(C)N1C2CCC1CN(C)C2.CC(C)N1C2CCC1COC2.CC(C)N1C2CCCC1CC(=O)C2.CC(C)N1C2CCCC1CC2.CC(C)N1C2CCCC1CCC2.CC(C)N1C2CCCC1COC2.CC(C)N1CC2CCC(C1)O2.CC(C)N1CC2CCC1CN2C.CC(C)N1CC2CCC1CO2.CC(C)N1CCC2C3CC4CC(C3)CC2(C4)C1. The summed E-state index contributed by atoms with van der Waals surface area (Å²) in [6.07, 6.45) is 59.1. The van der Waals surface area contributed by atoms with Crippen molar-refractivity contribution in [1.29, 1.82) is 0 Å². The molecule has 25 saturated heterocycles. The molecule has 4 saturated carbocycles. The number of likely N-dealkylation sites (tertiary alicyclic amines) is 3. The number of rotatable bonds is 12. The second-order valence-electron chi connectivity index (χ2n) is 56.1. The Bertz CT molecular complexity index is 3670. The Balaban J connectivity index is 0.000000120. The number of ketones is 2. The molecular formula is C125H231N15O7. The molecule has 147 heavy (non-hydrogen) atoms. The van der Waals surface area contributed by atoms with E-state index in [2.05, 4.69) is 254 Å². The molecule has 23 atom stereocenters. The van der Waals surface area contributed by atoms with Gasteiger partial charge in [-0.1, -0.05) is 37.3 Å². The van der Waals surface area contributed by atoms with Crippen LogP contribution in [0.1, 0.15) is 442 Å². The van der Waals surface area contributed by atoms with Crippen LogP contribution in [0.25, 0.3) is 0 Å². The van der Waals surface area contributed by atoms with Gasteiger partial charge in [-0.15, -0.1) is 0 Å². The Hall–Kier alpha value is -1.91. The van der Waals surface area contributed by atoms with E-state index < -0.39 is 0 Å². The van der Waals surface area contributed by atoms with Crippen LogP contribution in [0.4, 0.5) is 0 Å². The molecule has 22 nitrogen and oxygen atoms in total. The van der Waals surface area contributed by atoms with Gasteiger partial charge in [-0.2, -0.15) is 0 Å². The van der Waals surface area contributed by atoms with Crippen molar-refractivity contribution in [2.24, 2.45) is 34.2 Å². The van der Waals surface area contributed by atoms with Crippen LogP contribution < -0.4 is 0 Å². The summed E-state index contributed by atoms with van der Waals surface area (Å²) in [5.74, 6) is 5.47. The molecule has 1 N–H and O–H groups in total. The van der Waals surface area contributed by atoms with Crippen LogP contribution in [0.5, 0.6) is 0 Å². The number of oxime groups is 1. The lowest BCUT2D eigenvalue weighted by atomic mass is 9.43. The van der Waals surface area contributed by atoms with E-state index in [0.29, 0.717) is 108 Å². The monoisotopic (exact) mass is 2050 g/mol. The Kier molecular flexibility index (Phi) is 44.7. The third-order valence-electron chi connectivity index (χ3n) is 42.1. The van der Waals surface area contributed by atoms with Gasteiger partial charge in [0.15, 0.2) is 0 Å². The zero-order valence-electron chi connectivity index (χ0n) is 99.8. The third kappa shape index (κ3) is 30.5. The zero-order valence-corrected chi connectivity index (χ0v) is 99.8. The Morgan fingerprint density at radius 1 is 0.286 bits per heavy atom. The van der Waals surface area contributed by atoms with Gasteiger partial charge in [0.2, 0.25) is 0 Å². The number of nitrogens with zero attached hydrogens (tertiary/aromatic N) is 15. The quantitative estimate of drug-likeness (QED) is 0.146. The summed E-state index contributed by atoms with van der Waals surface area (Å²) in [7, 11) is 4.53. The Labute approximate surface area is 902 Å². The lowest BCUT2D eigenvalue weighted by Crippen LogP contribution is -2.62. The maximum atomic E-state index is 11.4. The van der Waals surface area contributed by atoms with E-state index in [1.165, 1.54) is 251 Å². The average molecular weight is 2060 g/mol. The molecule has 25 aliphatic heterocycles. The zero-order chi connectivity index (χ0) is 105. The topological polar surface area (TPSA) is 149 Å². The summed E-state index contributed by atoms with van der Waals surface area (Å²) in [4.78, 5) is 59.5. The van der Waals surface area contributed by atoms with Crippen molar-refractivity contribution in [3.05, 3.63) is 0 Å². The van der Waals surface area contributed by atoms with Gasteiger partial charge in [0.1, 0.15) is 11.6 Å². The number of fused-ring (bicyclic) bond motifs is 24. The van der Waals surface area contributed by atoms with Crippen molar-refractivity contribution in [2.45, 2.75) is 648 Å². The molecule has 29 rings (SSSR count). The van der Waals surface area contributed by atoms with E-state index in [1.54, 1.807) is 32.1 Å². The average Bonchev–Trinajstić information content (AvgIpc) is 0.959. The summed E-state index contributed by atoms with van der Waals surface area (Å²) < 4.78 is 22.4. The van der Waals surface area contributed by atoms with Crippen LogP contribution in [-0.2, 0) is 28.5 Å². The number of hydrogen-bond donors (Lipinski definition) is 1. The summed E-state index contributed by atoms with van der Waals surface area (Å²) >= 11 is 0. The van der Waals surface area contributed by atoms with Gasteiger partial charge >= 0.3 is 0 Å². The molecule has 25 heterocycles. The fraction of sp³-hybridized carbons (Fsp3) is 0.976. The normalized spacial score (nSPS) is 39.1. The molecule has 0 radical (unpaired) electrons. The minimum absolute atomic E-state index is 0.486. The number of ether oxygens (including phenoxy) is 4. The van der Waals surface area contributed by atoms with Crippen LogP contribution in [0.3, 0.4) is 0 Å². The minimum atomic E-state index is 0.486. The van der Waals surface area contributed by atoms with Crippen molar-refractivity contribution in [3.63, 3.8) is 0 Å². The summed E-state index contributed by atoms with van der Waals surface area (Å²) in [6.45, 7) is 71.6. The second-order valence-corrected chi connectivity index (χ2v) is 56.1. The first-order valence-corrected chi connectivity index (χ1v) is 63.5. The number of carbonyl (C=O) groups is 2. The van der Waals surface area contributed by atoms with Gasteiger partial charge in [-0.25, -0.2) is 0 Å². The van der Waals surface area contributed by atoms with Gasteiger partial charge in [0.05, 0.1) is 57.1 Å². The van der Waals surface area contributed by atoms with Crippen LogP contribution in [0, 0.1) is 29.1 Å². The largest absolute Gasteiger partial charge is 0.411 e. The van der Waals surface area contributed by atoms with Crippen LogP contribution in [0.15, 0.2) is 5.16 Å². The highest BCUT2D eigenvalue weighted by Gasteiger charge is 2.59. The number of piperazine rings is 2. The van der Waals surface area contributed by atoms with E-state index in [9.17, 15) is 9.59 Å². The first-order chi connectivity index (χ1) is 70.3. The maximum absolute atomic E-state index is 11.4. The van der Waals surface area contributed by atoms with Crippen LogP contribution in [0.2, 0.25) is 0 Å². The van der Waals surface area contributed by atoms with Gasteiger partial charge in [-0.05, 0) is 421 Å². The van der Waals surface area contributed by atoms with Gasteiger partial charge in [0, 0.05) is 278 Å². The third-order valence-corrected chi connectivity index (χ3v) is 42.1. The molecule has 26 bridgehead atoms. The molecule has 23 unspecified atom stereocenters. The van der Waals surface area contributed by atoms with Crippen molar-refractivity contribution in [2.75, 3.05) is 106 Å². The van der Waals surface area contributed by atoms with Crippen LogP contribution >= 0.6 is 0 Å². The van der Waals surface area contributed by atoms with E-state index in [-0.39, 0.29) is 0 Å². The Morgan fingerprint density at radius 2 is 0.605 bits per heavy atom. The van der Waals surface area contributed by atoms with E-state index in [1.807, 2.05) is 0 Å². The van der Waals surface area contributed by atoms with Crippen molar-refractivity contribution >= 4 is 17.3 Å². The maximum Gasteiger partial charge on any atom is 0.136 e. The summed E-state index contributed by atoms with van der Waals surface area (Å²) in [6, 6.07) is 22.9. The lowest BCUT2D eigenvalue weighted by molar-refractivity contribution is -0.149. The summed E-state index contributed by atoms with van der Waals surface area (Å²) in [5, 5.41) is 12.1. The van der Waals surface area contributed by atoms with Crippen molar-refractivity contribution < 1.29 is 33.7 Å². The van der Waals surface area contributed by atoms with Crippen LogP contribution in [-0.4, -0.2) is 403 Å².